The van der Waals surface area contributed by atoms with E-state index < -0.39 is 23.9 Å². The molecule has 0 spiro atoms. The van der Waals surface area contributed by atoms with Crippen LogP contribution >= 0.6 is 45.2 Å². The van der Waals surface area contributed by atoms with Gasteiger partial charge in [0.15, 0.2) is 0 Å². The van der Waals surface area contributed by atoms with Crippen LogP contribution in [0.1, 0.15) is 16.7 Å². The Balaban J connectivity index is 1.78. The summed E-state index contributed by atoms with van der Waals surface area (Å²) in [6, 6.07) is 16.1. The van der Waals surface area contributed by atoms with E-state index in [1.807, 2.05) is 75.5 Å². The van der Waals surface area contributed by atoms with Crippen LogP contribution in [0.25, 0.3) is 0 Å². The normalized spacial score (nSPS) is 11.5. The molecule has 0 radical (unpaired) electrons. The second-order valence-electron chi connectivity index (χ2n) is 7.27. The Bertz CT molecular complexity index is 1140. The lowest BCUT2D eigenvalue weighted by Crippen LogP contribution is -2.45. The third kappa shape index (κ3) is 7.03. The number of hydrogen-bond acceptors (Lipinski definition) is 4. The van der Waals surface area contributed by atoms with Crippen molar-refractivity contribution in [3.05, 3.63) is 90.3 Å². The minimum absolute atomic E-state index is 0.0546. The van der Waals surface area contributed by atoms with Gasteiger partial charge in [0.25, 0.3) is 0 Å². The summed E-state index contributed by atoms with van der Waals surface area (Å²) >= 11 is 4.00. The topological polar surface area (TPSA) is 87.7 Å². The molecular weight excluding hydrogens is 653 g/mol. The average molecular weight is 674 g/mol. The second kappa shape index (κ2) is 11.6. The Morgan fingerprint density at radius 2 is 1.70 bits per heavy atom. The Morgan fingerprint density at radius 3 is 2.36 bits per heavy atom. The molecule has 2 amide bonds. The first kappa shape index (κ1) is 25.2. The highest BCUT2D eigenvalue weighted by Crippen LogP contribution is 2.28. The van der Waals surface area contributed by atoms with Gasteiger partial charge >= 0.3 is 6.09 Å². The number of benzene rings is 3. The monoisotopic (exact) mass is 674 g/mol. The van der Waals surface area contributed by atoms with Crippen molar-refractivity contribution < 1.29 is 23.8 Å². The molecule has 0 bridgehead atoms. The predicted molar refractivity (Wildman–Crippen MR) is 141 cm³/mol. The van der Waals surface area contributed by atoms with Gasteiger partial charge in [0, 0.05) is 17.7 Å². The summed E-state index contributed by atoms with van der Waals surface area (Å²) in [7, 11) is 0. The summed E-state index contributed by atoms with van der Waals surface area (Å²) in [5, 5.41) is 15.3. The molecule has 0 saturated heterocycles. The number of carbonyl (C=O) groups is 2. The van der Waals surface area contributed by atoms with Crippen molar-refractivity contribution in [3.8, 4) is 5.75 Å². The lowest BCUT2D eigenvalue weighted by atomic mass is 10.0. The van der Waals surface area contributed by atoms with E-state index in [4.69, 9.17) is 4.74 Å². The molecular formula is C24H21FI2N2O4. The number of hydrogen-bond donors (Lipinski definition) is 3. The second-order valence-corrected chi connectivity index (χ2v) is 9.60. The van der Waals surface area contributed by atoms with Crippen molar-refractivity contribution in [2.24, 2.45) is 0 Å². The first-order valence-electron chi connectivity index (χ1n) is 9.94. The summed E-state index contributed by atoms with van der Waals surface area (Å²) in [4.78, 5) is 25.5. The number of amides is 2. The number of phenols is 1. The van der Waals surface area contributed by atoms with Crippen molar-refractivity contribution in [1.82, 2.24) is 5.32 Å². The maximum absolute atomic E-state index is 13.9. The standard InChI is InChI=1S/C24H21FI2N2O4/c1-14-17(25)8-5-9-20(14)28-23(31)21(12-16-10-18(26)22(30)19(27)11-16)29-24(32)33-13-15-6-3-2-4-7-15/h2-11,21,30H,12-13H2,1H3,(H,28,31)(H,29,32)/t21-/m0/s1. The number of aromatic hydroxyl groups is 1. The molecule has 0 aliphatic carbocycles. The Kier molecular flexibility index (Phi) is 8.89. The van der Waals surface area contributed by atoms with Crippen LogP contribution in [-0.2, 0) is 22.6 Å². The van der Waals surface area contributed by atoms with Crippen molar-refractivity contribution >= 4 is 62.9 Å². The Hall–Kier alpha value is -2.41. The highest BCUT2D eigenvalue weighted by Gasteiger charge is 2.24. The number of rotatable bonds is 7. The zero-order valence-corrected chi connectivity index (χ0v) is 21.9. The maximum atomic E-state index is 13.9. The molecule has 0 unspecified atom stereocenters. The lowest BCUT2D eigenvalue weighted by Gasteiger charge is -2.20. The number of ether oxygens (including phenoxy) is 1. The number of nitrogens with one attached hydrogen (secondary N) is 2. The van der Waals surface area contributed by atoms with Gasteiger partial charge in [-0.2, -0.15) is 0 Å². The van der Waals surface area contributed by atoms with Crippen molar-refractivity contribution in [2.45, 2.75) is 26.0 Å². The van der Waals surface area contributed by atoms with Crippen LogP contribution in [0, 0.1) is 19.9 Å². The van der Waals surface area contributed by atoms with Crippen LogP contribution in [-0.4, -0.2) is 23.1 Å². The fourth-order valence-corrected chi connectivity index (χ4v) is 4.95. The molecule has 3 aromatic carbocycles. The van der Waals surface area contributed by atoms with E-state index in [-0.39, 0.29) is 18.8 Å². The SMILES string of the molecule is Cc1c(F)cccc1NC(=O)[C@H](Cc1cc(I)c(O)c(I)c1)NC(=O)OCc1ccccc1. The average Bonchev–Trinajstić information content (AvgIpc) is 2.79. The summed E-state index contributed by atoms with van der Waals surface area (Å²) in [5.74, 6) is -0.799. The van der Waals surface area contributed by atoms with Gasteiger partial charge in [0.2, 0.25) is 5.91 Å². The van der Waals surface area contributed by atoms with Gasteiger partial charge in [-0.05, 0) is 87.5 Å². The number of anilines is 1. The van der Waals surface area contributed by atoms with Crippen LogP contribution in [0.2, 0.25) is 0 Å². The third-order valence-corrected chi connectivity index (χ3v) is 6.51. The minimum Gasteiger partial charge on any atom is -0.506 e. The van der Waals surface area contributed by atoms with E-state index >= 15 is 0 Å². The molecule has 3 aromatic rings. The van der Waals surface area contributed by atoms with Crippen LogP contribution in [0.4, 0.5) is 14.9 Å². The van der Waals surface area contributed by atoms with E-state index in [2.05, 4.69) is 10.6 Å². The van der Waals surface area contributed by atoms with E-state index in [1.54, 1.807) is 25.1 Å². The van der Waals surface area contributed by atoms with Gasteiger partial charge in [-0.15, -0.1) is 0 Å². The zero-order valence-electron chi connectivity index (χ0n) is 17.6. The highest BCUT2D eigenvalue weighted by atomic mass is 127. The lowest BCUT2D eigenvalue weighted by molar-refractivity contribution is -0.118. The van der Waals surface area contributed by atoms with Gasteiger partial charge in [-0.1, -0.05) is 36.4 Å². The van der Waals surface area contributed by atoms with Crippen LogP contribution in [0.3, 0.4) is 0 Å². The van der Waals surface area contributed by atoms with E-state index in [9.17, 15) is 19.1 Å². The molecule has 3 rings (SSSR count). The molecule has 9 heteroatoms. The van der Waals surface area contributed by atoms with Crippen LogP contribution in [0.5, 0.6) is 5.75 Å². The molecule has 172 valence electrons. The summed E-state index contributed by atoms with van der Waals surface area (Å²) < 4.78 is 20.4. The van der Waals surface area contributed by atoms with Crippen molar-refractivity contribution in [2.75, 3.05) is 5.32 Å². The van der Waals surface area contributed by atoms with Crippen molar-refractivity contribution in [1.29, 1.82) is 0 Å². The molecule has 0 aromatic heterocycles. The third-order valence-electron chi connectivity index (χ3n) is 4.86. The van der Waals surface area contributed by atoms with E-state index in [1.165, 1.54) is 12.1 Å². The van der Waals surface area contributed by atoms with Gasteiger partial charge in [0.1, 0.15) is 24.2 Å². The largest absolute Gasteiger partial charge is 0.506 e. The molecule has 0 heterocycles. The maximum Gasteiger partial charge on any atom is 0.408 e. The van der Waals surface area contributed by atoms with Gasteiger partial charge in [0.05, 0.1) is 7.14 Å². The molecule has 0 aliphatic heterocycles. The van der Waals surface area contributed by atoms with E-state index in [0.29, 0.717) is 18.4 Å². The number of carbonyl (C=O) groups excluding carboxylic acids is 2. The van der Waals surface area contributed by atoms with Gasteiger partial charge in [-0.25, -0.2) is 9.18 Å². The quantitative estimate of drug-likeness (QED) is 0.288. The highest BCUT2D eigenvalue weighted by molar-refractivity contribution is 14.1. The Labute approximate surface area is 218 Å². The molecule has 0 fully saturated rings. The fraction of sp³-hybridized carbons (Fsp3) is 0.167. The smallest absolute Gasteiger partial charge is 0.408 e. The summed E-state index contributed by atoms with van der Waals surface area (Å²) in [6.45, 7) is 1.62. The molecule has 6 nitrogen and oxygen atoms in total. The molecule has 0 saturated carbocycles. The van der Waals surface area contributed by atoms with E-state index in [0.717, 1.165) is 11.1 Å². The molecule has 1 atom stereocenters. The molecule has 0 aliphatic rings. The number of halogens is 3. The first-order chi connectivity index (χ1) is 15.7. The zero-order chi connectivity index (χ0) is 24.0. The summed E-state index contributed by atoms with van der Waals surface area (Å²) in [5.41, 5.74) is 2.16. The van der Waals surface area contributed by atoms with Gasteiger partial charge in [-0.3, -0.25) is 4.79 Å². The number of phenolic OH excluding ortho intramolecular Hbond substituents is 1. The molecule has 33 heavy (non-hydrogen) atoms. The first-order valence-corrected chi connectivity index (χ1v) is 12.1. The van der Waals surface area contributed by atoms with Crippen LogP contribution < -0.4 is 10.6 Å². The van der Waals surface area contributed by atoms with Gasteiger partial charge < -0.3 is 20.5 Å². The predicted octanol–water partition coefficient (Wildman–Crippen LogP) is 5.53. The fourth-order valence-electron chi connectivity index (χ4n) is 3.05. The number of alkyl carbamates (subject to hydrolysis) is 1. The molecule has 3 N–H and O–H groups in total. The minimum atomic E-state index is -0.993. The van der Waals surface area contributed by atoms with Crippen LogP contribution in [0.15, 0.2) is 60.7 Å². The van der Waals surface area contributed by atoms with Crippen molar-refractivity contribution in [3.63, 3.8) is 0 Å². The Morgan fingerprint density at radius 1 is 1.03 bits per heavy atom. The summed E-state index contributed by atoms with van der Waals surface area (Å²) in [6.07, 6.45) is -0.606.